The number of aliphatic hydroxyl groups is 1. The molecule has 1 fully saturated rings. The van der Waals surface area contributed by atoms with Gasteiger partial charge in [0, 0.05) is 25.2 Å². The smallest absolute Gasteiger partial charge is 0.338 e. The molecule has 0 bridgehead atoms. The van der Waals surface area contributed by atoms with Crippen molar-refractivity contribution in [3.63, 3.8) is 0 Å². The van der Waals surface area contributed by atoms with Crippen LogP contribution in [0.15, 0.2) is 36.4 Å². The second-order valence-electron chi connectivity index (χ2n) is 8.19. The Balaban J connectivity index is 0.000000321. The lowest BCUT2D eigenvalue weighted by Gasteiger charge is -2.25. The van der Waals surface area contributed by atoms with Gasteiger partial charge in [-0.1, -0.05) is 36.8 Å². The van der Waals surface area contributed by atoms with Crippen molar-refractivity contribution in [2.45, 2.75) is 45.4 Å². The molecule has 7 nitrogen and oxygen atoms in total. The summed E-state index contributed by atoms with van der Waals surface area (Å²) >= 11 is 6.13. The van der Waals surface area contributed by atoms with Crippen LogP contribution < -0.4 is 0 Å². The standard InChI is InChI=1S/C18H20ClNO3.C7H13NO2/c1-12-5-2-3-10-23-18(22)14-8-9-16(21)17(19)15(14)11-13(20)7-4-6-12;9-6-7(10)8-4-2-1-3-5-8/h2,4-5,7-9,12,20-21H,3,6,10-11H2,1H3;9H,1-6H2/b5-2+,7-4+,20-13?;. The van der Waals surface area contributed by atoms with Crippen LogP contribution in [0.3, 0.4) is 0 Å². The van der Waals surface area contributed by atoms with Crippen LogP contribution in [0.2, 0.25) is 5.02 Å². The molecule has 3 N–H and O–H groups in total. The Kier molecular flexibility index (Phi) is 11.1. The van der Waals surface area contributed by atoms with Crippen molar-refractivity contribution in [1.82, 2.24) is 4.90 Å². The van der Waals surface area contributed by atoms with Crippen LogP contribution >= 0.6 is 11.6 Å². The van der Waals surface area contributed by atoms with E-state index in [0.29, 0.717) is 29.2 Å². The van der Waals surface area contributed by atoms with Gasteiger partial charge in [0.25, 0.3) is 0 Å². The third-order valence-corrected chi connectivity index (χ3v) is 5.88. The Morgan fingerprint density at radius 1 is 1.24 bits per heavy atom. The average Bonchev–Trinajstić information content (AvgIpc) is 2.81. The molecular formula is C25H33ClN2O5. The van der Waals surface area contributed by atoms with Crippen LogP contribution in [0.4, 0.5) is 0 Å². The number of benzene rings is 1. The number of phenols is 1. The van der Waals surface area contributed by atoms with Crippen LogP contribution in [0.1, 0.15) is 54.9 Å². The number of rotatable bonds is 1. The largest absolute Gasteiger partial charge is 0.506 e. The predicted octanol–water partition coefficient (Wildman–Crippen LogP) is 4.30. The summed E-state index contributed by atoms with van der Waals surface area (Å²) in [6.07, 6.45) is 12.8. The van der Waals surface area contributed by atoms with Crippen LogP contribution in [-0.4, -0.2) is 59.0 Å². The number of phenolic OH excluding ortho intramolecular Hbond substituents is 1. The summed E-state index contributed by atoms with van der Waals surface area (Å²) < 4.78 is 5.26. The quantitative estimate of drug-likeness (QED) is 0.413. The number of nitrogens with one attached hydrogen (secondary N) is 1. The number of hydrogen-bond acceptors (Lipinski definition) is 6. The van der Waals surface area contributed by atoms with Gasteiger partial charge in [-0.25, -0.2) is 4.79 Å². The fraction of sp³-hybridized carbons (Fsp3) is 0.480. The molecule has 1 atom stereocenters. The molecule has 2 heterocycles. The molecule has 1 unspecified atom stereocenters. The van der Waals surface area contributed by atoms with Gasteiger partial charge < -0.3 is 25.3 Å². The first-order chi connectivity index (χ1) is 15.8. The Bertz CT molecular complexity index is 891. The van der Waals surface area contributed by atoms with Crippen molar-refractivity contribution < 1.29 is 24.5 Å². The first-order valence-electron chi connectivity index (χ1n) is 11.3. The molecule has 0 spiro atoms. The van der Waals surface area contributed by atoms with E-state index in [1.807, 2.05) is 12.2 Å². The minimum atomic E-state index is -0.489. The number of allylic oxidation sites excluding steroid dienone is 3. The van der Waals surface area contributed by atoms with Crippen molar-refractivity contribution in [1.29, 1.82) is 5.41 Å². The van der Waals surface area contributed by atoms with Crippen molar-refractivity contribution in [2.75, 3.05) is 26.3 Å². The van der Waals surface area contributed by atoms with Gasteiger partial charge in [0.15, 0.2) is 0 Å². The number of piperidine rings is 1. The highest BCUT2D eigenvalue weighted by Crippen LogP contribution is 2.31. The highest BCUT2D eigenvalue weighted by atomic mass is 35.5. The topological polar surface area (TPSA) is 111 Å². The van der Waals surface area contributed by atoms with Crippen molar-refractivity contribution in [3.05, 3.63) is 52.6 Å². The fourth-order valence-electron chi connectivity index (χ4n) is 3.60. The van der Waals surface area contributed by atoms with Gasteiger partial charge in [-0.05, 0) is 61.8 Å². The normalized spacial score (nSPS) is 21.5. The lowest BCUT2D eigenvalue weighted by molar-refractivity contribution is -0.135. The molecule has 1 saturated heterocycles. The molecule has 1 amide bonds. The van der Waals surface area contributed by atoms with Gasteiger partial charge in [-0.3, -0.25) is 4.79 Å². The number of hydrogen-bond donors (Lipinski definition) is 3. The van der Waals surface area contributed by atoms with Crippen molar-refractivity contribution >= 4 is 29.2 Å². The van der Waals surface area contributed by atoms with E-state index >= 15 is 0 Å². The van der Waals surface area contributed by atoms with E-state index in [1.165, 1.54) is 18.6 Å². The molecule has 0 saturated carbocycles. The third kappa shape index (κ3) is 8.67. The van der Waals surface area contributed by atoms with Gasteiger partial charge in [0.1, 0.15) is 12.4 Å². The summed E-state index contributed by atoms with van der Waals surface area (Å²) in [6.45, 7) is 3.71. The number of aliphatic hydroxyl groups excluding tert-OH is 1. The number of likely N-dealkylation sites (tertiary alicyclic amines) is 1. The van der Waals surface area contributed by atoms with Crippen LogP contribution in [0.5, 0.6) is 5.75 Å². The van der Waals surface area contributed by atoms with Gasteiger partial charge in [0.2, 0.25) is 5.91 Å². The Labute approximate surface area is 200 Å². The van der Waals surface area contributed by atoms with Crippen LogP contribution in [0.25, 0.3) is 0 Å². The van der Waals surface area contributed by atoms with Crippen molar-refractivity contribution in [2.24, 2.45) is 5.92 Å². The number of aromatic hydroxyl groups is 1. The van der Waals surface area contributed by atoms with Gasteiger partial charge in [-0.2, -0.15) is 0 Å². The lowest BCUT2D eigenvalue weighted by atomic mass is 10.00. The fourth-order valence-corrected chi connectivity index (χ4v) is 3.83. The molecular weight excluding hydrogens is 444 g/mol. The molecule has 33 heavy (non-hydrogen) atoms. The number of cyclic esters (lactones) is 1. The molecule has 1 aromatic rings. The minimum Gasteiger partial charge on any atom is -0.506 e. The second kappa shape index (κ2) is 13.8. The molecule has 2 aliphatic heterocycles. The third-order valence-electron chi connectivity index (χ3n) is 5.46. The minimum absolute atomic E-state index is 0.0953. The number of amides is 1. The Hall–Kier alpha value is -2.64. The highest BCUT2D eigenvalue weighted by Gasteiger charge is 2.19. The predicted molar refractivity (Wildman–Crippen MR) is 129 cm³/mol. The van der Waals surface area contributed by atoms with E-state index in [2.05, 4.69) is 13.0 Å². The second-order valence-corrected chi connectivity index (χ2v) is 8.57. The molecule has 0 aromatic heterocycles. The first-order valence-corrected chi connectivity index (χ1v) is 11.7. The van der Waals surface area contributed by atoms with E-state index in [9.17, 15) is 14.7 Å². The van der Waals surface area contributed by atoms with E-state index in [-0.39, 0.29) is 36.3 Å². The summed E-state index contributed by atoms with van der Waals surface area (Å²) in [7, 11) is 0. The summed E-state index contributed by atoms with van der Waals surface area (Å²) in [5, 5.41) is 26.4. The zero-order valence-corrected chi connectivity index (χ0v) is 19.8. The maximum atomic E-state index is 12.2. The number of fused-ring (bicyclic) bond motifs is 1. The maximum absolute atomic E-state index is 12.2. The molecule has 180 valence electrons. The number of esters is 1. The van der Waals surface area contributed by atoms with E-state index in [0.717, 1.165) is 32.4 Å². The van der Waals surface area contributed by atoms with Gasteiger partial charge in [0.05, 0.1) is 17.2 Å². The molecule has 8 heteroatoms. The summed E-state index contributed by atoms with van der Waals surface area (Å²) in [4.78, 5) is 24.8. The monoisotopic (exact) mass is 476 g/mol. The first kappa shape index (κ1) is 26.6. The highest BCUT2D eigenvalue weighted by molar-refractivity contribution is 6.33. The molecule has 0 aliphatic carbocycles. The van der Waals surface area contributed by atoms with Gasteiger partial charge >= 0.3 is 5.97 Å². The Morgan fingerprint density at radius 3 is 2.67 bits per heavy atom. The molecule has 2 aliphatic rings. The Morgan fingerprint density at radius 2 is 1.97 bits per heavy atom. The van der Waals surface area contributed by atoms with Crippen LogP contribution in [0, 0.1) is 11.3 Å². The number of nitrogens with zero attached hydrogens (tertiary/aromatic N) is 1. The molecule has 1 aromatic carbocycles. The van der Waals surface area contributed by atoms with E-state index in [1.54, 1.807) is 11.0 Å². The number of carbonyl (C=O) groups excluding carboxylic acids is 2. The average molecular weight is 477 g/mol. The molecule has 0 radical (unpaired) electrons. The summed E-state index contributed by atoms with van der Waals surface area (Å²) in [5.74, 6) is -0.359. The number of carbonyl (C=O) groups is 2. The van der Waals surface area contributed by atoms with Crippen LogP contribution in [-0.2, 0) is 16.0 Å². The maximum Gasteiger partial charge on any atom is 0.338 e. The van der Waals surface area contributed by atoms with Crippen molar-refractivity contribution in [3.8, 4) is 5.75 Å². The zero-order valence-electron chi connectivity index (χ0n) is 19.1. The summed E-state index contributed by atoms with van der Waals surface area (Å²) in [6, 6.07) is 2.85. The van der Waals surface area contributed by atoms with E-state index < -0.39 is 5.97 Å². The lowest BCUT2D eigenvalue weighted by Crippen LogP contribution is -2.37. The van der Waals surface area contributed by atoms with Gasteiger partial charge in [-0.15, -0.1) is 0 Å². The molecule has 3 rings (SSSR count). The SMILES string of the molecule is CC1/C=C/CCOC(=O)c2ccc(O)c(Cl)c2CC(=N)/C=C/C1.O=C(CO)N1CCCCC1. The number of halogens is 1. The number of ether oxygens (including phenoxy) is 1. The van der Waals surface area contributed by atoms with E-state index in [4.69, 9.17) is 26.9 Å². The summed E-state index contributed by atoms with van der Waals surface area (Å²) in [5.41, 5.74) is 1.03. The zero-order chi connectivity index (χ0) is 24.2.